The zero-order valence-corrected chi connectivity index (χ0v) is 5.16. The normalized spacial score (nSPS) is 13.4. The van der Waals surface area contributed by atoms with Crippen LogP contribution in [0.4, 0.5) is 0 Å². The van der Waals surface area contributed by atoms with Gasteiger partial charge in [-0.05, 0) is 0 Å². The van der Waals surface area contributed by atoms with Crippen molar-refractivity contribution in [2.45, 2.75) is 6.04 Å². The number of aliphatic hydroxyl groups is 1. The van der Waals surface area contributed by atoms with Crippen LogP contribution in [0.1, 0.15) is 11.9 Å². The summed E-state index contributed by atoms with van der Waals surface area (Å²) in [7, 11) is 0. The summed E-state index contributed by atoms with van der Waals surface area (Å²) in [6.07, 6.45) is 0. The number of nitrogens with two attached hydrogens (primary N) is 1. The van der Waals surface area contributed by atoms with E-state index in [2.05, 4.69) is 15.2 Å². The lowest BCUT2D eigenvalue weighted by atomic mass is 10.3. The number of aliphatic hydroxyl groups excluding tert-OH is 1. The first-order chi connectivity index (χ1) is 4.74. The molecular formula is C4H8N4O2. The van der Waals surface area contributed by atoms with E-state index in [0.717, 1.165) is 0 Å². The van der Waals surface area contributed by atoms with Gasteiger partial charge in [0.1, 0.15) is 5.82 Å². The van der Waals surface area contributed by atoms with Gasteiger partial charge in [-0.25, -0.2) is 9.89 Å². The molecule has 1 atom stereocenters. The van der Waals surface area contributed by atoms with Crippen LogP contribution in [0.5, 0.6) is 0 Å². The lowest BCUT2D eigenvalue weighted by Gasteiger charge is -1.99. The van der Waals surface area contributed by atoms with Gasteiger partial charge in [-0.3, -0.25) is 4.98 Å². The Morgan fingerprint density at radius 1 is 1.80 bits per heavy atom. The Kier molecular flexibility index (Phi) is 1.83. The van der Waals surface area contributed by atoms with Crippen molar-refractivity contribution < 1.29 is 5.11 Å². The number of hydrogen-bond acceptors (Lipinski definition) is 4. The molecule has 1 aromatic rings. The van der Waals surface area contributed by atoms with Crippen molar-refractivity contribution in [2.24, 2.45) is 5.73 Å². The van der Waals surface area contributed by atoms with Gasteiger partial charge in [0.2, 0.25) is 0 Å². The van der Waals surface area contributed by atoms with E-state index in [4.69, 9.17) is 10.8 Å². The highest BCUT2D eigenvalue weighted by molar-refractivity contribution is 4.88. The predicted octanol–water partition coefficient (Wildman–Crippen LogP) is -1.91. The zero-order valence-electron chi connectivity index (χ0n) is 5.16. The van der Waals surface area contributed by atoms with Crippen LogP contribution in [0.25, 0.3) is 0 Å². The molecule has 1 aromatic heterocycles. The van der Waals surface area contributed by atoms with Gasteiger partial charge >= 0.3 is 5.69 Å². The monoisotopic (exact) mass is 144 g/mol. The first-order valence-corrected chi connectivity index (χ1v) is 2.75. The lowest BCUT2D eigenvalue weighted by molar-refractivity contribution is 0.263. The smallest absolute Gasteiger partial charge is 0.340 e. The summed E-state index contributed by atoms with van der Waals surface area (Å²) in [6, 6.07) is -0.612. The summed E-state index contributed by atoms with van der Waals surface area (Å²) < 4.78 is 0. The molecule has 0 amide bonds. The quantitative estimate of drug-likeness (QED) is 0.388. The maximum atomic E-state index is 10.4. The van der Waals surface area contributed by atoms with E-state index in [9.17, 15) is 4.79 Å². The Hall–Kier alpha value is -1.14. The molecule has 0 fully saturated rings. The van der Waals surface area contributed by atoms with Crippen molar-refractivity contribution in [3.05, 3.63) is 16.3 Å². The van der Waals surface area contributed by atoms with Crippen molar-refractivity contribution in [2.75, 3.05) is 6.61 Å². The predicted molar refractivity (Wildman–Crippen MR) is 33.2 cm³/mol. The fourth-order valence-electron chi connectivity index (χ4n) is 0.545. The van der Waals surface area contributed by atoms with E-state index in [0.29, 0.717) is 0 Å². The SMILES string of the molecule is N[C@@H](CO)c1n[nH]c(=O)[nH]1. The van der Waals surface area contributed by atoms with Gasteiger partial charge in [0.15, 0.2) is 0 Å². The van der Waals surface area contributed by atoms with Crippen LogP contribution in [0.2, 0.25) is 0 Å². The van der Waals surface area contributed by atoms with Crippen LogP contribution < -0.4 is 11.4 Å². The maximum Gasteiger partial charge on any atom is 0.340 e. The van der Waals surface area contributed by atoms with E-state index in [1.54, 1.807) is 0 Å². The second-order valence-corrected chi connectivity index (χ2v) is 1.85. The number of H-pyrrole nitrogens is 2. The number of aromatic nitrogens is 3. The molecule has 0 aliphatic heterocycles. The van der Waals surface area contributed by atoms with E-state index < -0.39 is 11.7 Å². The minimum absolute atomic E-state index is 0.235. The highest BCUT2D eigenvalue weighted by Crippen LogP contribution is 1.96. The summed E-state index contributed by atoms with van der Waals surface area (Å²) in [5, 5.41) is 14.1. The topological polar surface area (TPSA) is 108 Å². The molecule has 1 rings (SSSR count). The van der Waals surface area contributed by atoms with E-state index in [1.807, 2.05) is 0 Å². The third kappa shape index (κ3) is 1.23. The second kappa shape index (κ2) is 2.63. The van der Waals surface area contributed by atoms with Crippen LogP contribution in [0.3, 0.4) is 0 Å². The molecule has 0 aliphatic carbocycles. The van der Waals surface area contributed by atoms with Gasteiger partial charge in [-0.2, -0.15) is 5.10 Å². The molecule has 0 aromatic carbocycles. The van der Waals surface area contributed by atoms with Crippen molar-refractivity contribution >= 4 is 0 Å². The fraction of sp³-hybridized carbons (Fsp3) is 0.500. The van der Waals surface area contributed by atoms with Crippen LogP contribution in [0.15, 0.2) is 4.79 Å². The largest absolute Gasteiger partial charge is 0.394 e. The number of nitrogens with zero attached hydrogens (tertiary/aromatic N) is 1. The maximum absolute atomic E-state index is 10.4. The molecule has 6 nitrogen and oxygen atoms in total. The molecule has 5 N–H and O–H groups in total. The minimum atomic E-state index is -0.612. The summed E-state index contributed by atoms with van der Waals surface area (Å²) in [6.45, 7) is -0.235. The number of aromatic amines is 2. The molecule has 1 heterocycles. The van der Waals surface area contributed by atoms with Crippen LogP contribution >= 0.6 is 0 Å². The molecule has 0 unspecified atom stereocenters. The van der Waals surface area contributed by atoms with Crippen molar-refractivity contribution in [1.29, 1.82) is 0 Å². The molecule has 56 valence electrons. The Bertz CT molecular complexity index is 252. The van der Waals surface area contributed by atoms with Crippen LogP contribution in [-0.4, -0.2) is 26.9 Å². The Balaban J connectivity index is 2.84. The third-order valence-corrected chi connectivity index (χ3v) is 1.07. The van der Waals surface area contributed by atoms with Crippen LogP contribution in [0, 0.1) is 0 Å². The summed E-state index contributed by atoms with van der Waals surface area (Å²) in [4.78, 5) is 12.7. The number of hydrogen-bond donors (Lipinski definition) is 4. The average molecular weight is 144 g/mol. The first kappa shape index (κ1) is 6.97. The lowest BCUT2D eigenvalue weighted by Crippen LogP contribution is -2.16. The zero-order chi connectivity index (χ0) is 7.56. The molecule has 0 spiro atoms. The number of rotatable bonds is 2. The van der Waals surface area contributed by atoms with Crippen molar-refractivity contribution in [1.82, 2.24) is 15.2 Å². The van der Waals surface area contributed by atoms with E-state index in [-0.39, 0.29) is 12.4 Å². The Labute approximate surface area is 56.1 Å². The molecule has 0 radical (unpaired) electrons. The standard InChI is InChI=1S/C4H8N4O2/c5-2(1-9)3-6-4(10)8-7-3/h2,9H,1,5H2,(H2,6,7,8,10)/t2-/m0/s1. The summed E-state index contributed by atoms with van der Waals surface area (Å²) in [5.41, 5.74) is 4.89. The van der Waals surface area contributed by atoms with Gasteiger partial charge in [-0.1, -0.05) is 0 Å². The van der Waals surface area contributed by atoms with Gasteiger partial charge in [0, 0.05) is 0 Å². The van der Waals surface area contributed by atoms with E-state index in [1.165, 1.54) is 0 Å². The van der Waals surface area contributed by atoms with Gasteiger partial charge < -0.3 is 10.8 Å². The van der Waals surface area contributed by atoms with Gasteiger partial charge in [-0.15, -0.1) is 0 Å². The highest BCUT2D eigenvalue weighted by atomic mass is 16.3. The third-order valence-electron chi connectivity index (χ3n) is 1.07. The molecule has 0 aliphatic rings. The molecule has 0 bridgehead atoms. The average Bonchev–Trinajstić information content (AvgIpc) is 2.34. The molecule has 0 saturated heterocycles. The van der Waals surface area contributed by atoms with Crippen molar-refractivity contribution in [3.8, 4) is 0 Å². The van der Waals surface area contributed by atoms with Gasteiger partial charge in [0.25, 0.3) is 0 Å². The van der Waals surface area contributed by atoms with E-state index >= 15 is 0 Å². The first-order valence-electron chi connectivity index (χ1n) is 2.75. The van der Waals surface area contributed by atoms with Gasteiger partial charge in [0.05, 0.1) is 12.6 Å². The van der Waals surface area contributed by atoms with Crippen LogP contribution in [-0.2, 0) is 0 Å². The molecule has 6 heteroatoms. The second-order valence-electron chi connectivity index (χ2n) is 1.85. The molecular weight excluding hydrogens is 136 g/mol. The number of nitrogens with one attached hydrogen (secondary N) is 2. The highest BCUT2D eigenvalue weighted by Gasteiger charge is 2.06. The molecule has 10 heavy (non-hydrogen) atoms. The van der Waals surface area contributed by atoms with Crippen molar-refractivity contribution in [3.63, 3.8) is 0 Å². The fourth-order valence-corrected chi connectivity index (χ4v) is 0.545. The molecule has 0 saturated carbocycles. The summed E-state index contributed by atoms with van der Waals surface area (Å²) >= 11 is 0. The Morgan fingerprint density at radius 2 is 2.50 bits per heavy atom. The minimum Gasteiger partial charge on any atom is -0.394 e. The Morgan fingerprint density at radius 3 is 2.90 bits per heavy atom. The summed E-state index contributed by atoms with van der Waals surface area (Å²) in [5.74, 6) is 0.271.